The molecule has 1 aromatic carbocycles. The molecular formula is C15H19F2N. The van der Waals surface area contributed by atoms with Crippen molar-refractivity contribution >= 4 is 0 Å². The van der Waals surface area contributed by atoms with Crippen LogP contribution in [0.3, 0.4) is 0 Å². The number of nitrogens with two attached hydrogens (primary N) is 1. The van der Waals surface area contributed by atoms with E-state index in [0.29, 0.717) is 17.9 Å². The van der Waals surface area contributed by atoms with Crippen molar-refractivity contribution in [1.82, 2.24) is 0 Å². The highest BCUT2D eigenvalue weighted by Gasteiger charge is 2.41. The molecule has 0 aliphatic heterocycles. The zero-order valence-electron chi connectivity index (χ0n) is 10.4. The van der Waals surface area contributed by atoms with Crippen molar-refractivity contribution in [2.45, 2.75) is 38.1 Å². The first-order valence-electron chi connectivity index (χ1n) is 6.82. The van der Waals surface area contributed by atoms with Gasteiger partial charge in [-0.2, -0.15) is 0 Å². The Labute approximate surface area is 106 Å². The standard InChI is InChI=1S/C15H19F2N/c16-12-4-10(5-13(17)8-12)7-15(18)14-6-9-1-2-11(14)3-9/h4-5,8-9,11,14-15H,1-3,6-7,18H2. The predicted molar refractivity (Wildman–Crippen MR) is 67.0 cm³/mol. The molecule has 1 aromatic rings. The molecule has 4 atom stereocenters. The third kappa shape index (κ3) is 2.28. The highest BCUT2D eigenvalue weighted by Crippen LogP contribution is 2.49. The summed E-state index contributed by atoms with van der Waals surface area (Å²) in [5.41, 5.74) is 6.94. The second-order valence-corrected chi connectivity index (χ2v) is 5.98. The fourth-order valence-corrected chi connectivity index (χ4v) is 3.97. The number of halogens is 2. The lowest BCUT2D eigenvalue weighted by molar-refractivity contribution is 0.280. The van der Waals surface area contributed by atoms with E-state index >= 15 is 0 Å². The van der Waals surface area contributed by atoms with Crippen molar-refractivity contribution < 1.29 is 8.78 Å². The van der Waals surface area contributed by atoms with Gasteiger partial charge in [-0.15, -0.1) is 0 Å². The molecule has 2 aliphatic carbocycles. The molecule has 0 heterocycles. The van der Waals surface area contributed by atoms with E-state index in [9.17, 15) is 8.78 Å². The minimum atomic E-state index is -0.509. The van der Waals surface area contributed by atoms with Crippen molar-refractivity contribution in [2.75, 3.05) is 0 Å². The van der Waals surface area contributed by atoms with Gasteiger partial charge in [0.2, 0.25) is 0 Å². The second kappa shape index (κ2) is 4.61. The fraction of sp³-hybridized carbons (Fsp3) is 0.600. The van der Waals surface area contributed by atoms with Crippen LogP contribution in [-0.4, -0.2) is 6.04 Å². The Morgan fingerprint density at radius 2 is 1.83 bits per heavy atom. The van der Waals surface area contributed by atoms with E-state index in [1.807, 2.05) is 0 Å². The summed E-state index contributed by atoms with van der Waals surface area (Å²) < 4.78 is 26.2. The summed E-state index contributed by atoms with van der Waals surface area (Å²) >= 11 is 0. The van der Waals surface area contributed by atoms with Gasteiger partial charge >= 0.3 is 0 Å². The van der Waals surface area contributed by atoms with Crippen molar-refractivity contribution in [3.63, 3.8) is 0 Å². The maximum absolute atomic E-state index is 13.1. The molecule has 1 nitrogen and oxygen atoms in total. The lowest BCUT2D eigenvalue weighted by Gasteiger charge is -2.27. The first kappa shape index (κ1) is 12.1. The van der Waals surface area contributed by atoms with Gasteiger partial charge in [-0.25, -0.2) is 8.78 Å². The molecule has 4 unspecified atom stereocenters. The van der Waals surface area contributed by atoms with Gasteiger partial charge in [0.25, 0.3) is 0 Å². The fourth-order valence-electron chi connectivity index (χ4n) is 3.97. The predicted octanol–water partition coefficient (Wildman–Crippen LogP) is 3.27. The van der Waals surface area contributed by atoms with E-state index in [1.165, 1.54) is 37.8 Å². The van der Waals surface area contributed by atoms with Crippen LogP contribution in [0.1, 0.15) is 31.2 Å². The van der Waals surface area contributed by atoms with Crippen LogP contribution < -0.4 is 5.73 Å². The highest BCUT2D eigenvalue weighted by molar-refractivity contribution is 5.19. The highest BCUT2D eigenvalue weighted by atomic mass is 19.1. The topological polar surface area (TPSA) is 26.0 Å². The summed E-state index contributed by atoms with van der Waals surface area (Å²) in [5, 5.41) is 0. The minimum absolute atomic E-state index is 0.0431. The normalized spacial score (nSPS) is 31.8. The summed E-state index contributed by atoms with van der Waals surface area (Å²) in [4.78, 5) is 0. The first-order chi connectivity index (χ1) is 8.61. The van der Waals surface area contributed by atoms with E-state index in [1.54, 1.807) is 0 Å². The largest absolute Gasteiger partial charge is 0.327 e. The Morgan fingerprint density at radius 1 is 1.11 bits per heavy atom. The summed E-state index contributed by atoms with van der Waals surface area (Å²) in [7, 11) is 0. The van der Waals surface area contributed by atoms with Crippen LogP contribution in [-0.2, 0) is 6.42 Å². The third-order valence-corrected chi connectivity index (χ3v) is 4.74. The van der Waals surface area contributed by atoms with Gasteiger partial charge in [0.1, 0.15) is 11.6 Å². The SMILES string of the molecule is NC(Cc1cc(F)cc(F)c1)C1CC2CCC1C2. The molecule has 3 heteroatoms. The average Bonchev–Trinajstić information content (AvgIpc) is 2.88. The maximum atomic E-state index is 13.1. The Balaban J connectivity index is 1.68. The monoisotopic (exact) mass is 251 g/mol. The number of hydrogen-bond donors (Lipinski definition) is 1. The second-order valence-electron chi connectivity index (χ2n) is 5.98. The molecule has 0 aromatic heterocycles. The molecule has 0 saturated heterocycles. The molecule has 2 saturated carbocycles. The summed E-state index contributed by atoms with van der Waals surface area (Å²) in [5.74, 6) is 1.14. The van der Waals surface area contributed by atoms with E-state index in [2.05, 4.69) is 0 Å². The van der Waals surface area contributed by atoms with Crippen LogP contribution in [0, 0.1) is 29.4 Å². The molecule has 2 aliphatic rings. The van der Waals surface area contributed by atoms with E-state index in [-0.39, 0.29) is 6.04 Å². The number of fused-ring (bicyclic) bond motifs is 2. The zero-order chi connectivity index (χ0) is 12.7. The lowest BCUT2D eigenvalue weighted by Crippen LogP contribution is -2.35. The van der Waals surface area contributed by atoms with Crippen LogP contribution in [0.25, 0.3) is 0 Å². The lowest BCUT2D eigenvalue weighted by atomic mass is 9.81. The Morgan fingerprint density at radius 3 is 2.39 bits per heavy atom. The summed E-state index contributed by atoms with van der Waals surface area (Å²) in [6.07, 6.45) is 5.76. The van der Waals surface area contributed by atoms with Gasteiger partial charge < -0.3 is 5.73 Å². The zero-order valence-corrected chi connectivity index (χ0v) is 10.4. The van der Waals surface area contributed by atoms with E-state index in [0.717, 1.165) is 17.9 Å². The number of benzene rings is 1. The molecule has 98 valence electrons. The van der Waals surface area contributed by atoms with Gasteiger partial charge in [-0.1, -0.05) is 6.42 Å². The summed E-state index contributed by atoms with van der Waals surface area (Å²) in [6.45, 7) is 0. The van der Waals surface area contributed by atoms with Gasteiger partial charge in [-0.3, -0.25) is 0 Å². The quantitative estimate of drug-likeness (QED) is 0.876. The maximum Gasteiger partial charge on any atom is 0.126 e. The van der Waals surface area contributed by atoms with Crippen molar-refractivity contribution in [2.24, 2.45) is 23.5 Å². The Hall–Kier alpha value is -0.960. The molecule has 18 heavy (non-hydrogen) atoms. The number of hydrogen-bond acceptors (Lipinski definition) is 1. The third-order valence-electron chi connectivity index (χ3n) is 4.74. The molecule has 2 N–H and O–H groups in total. The van der Waals surface area contributed by atoms with Crippen LogP contribution in [0.15, 0.2) is 18.2 Å². The Kier molecular flexibility index (Phi) is 3.10. The van der Waals surface area contributed by atoms with Gasteiger partial charge in [0, 0.05) is 12.1 Å². The minimum Gasteiger partial charge on any atom is -0.327 e. The smallest absolute Gasteiger partial charge is 0.126 e. The van der Waals surface area contributed by atoms with E-state index in [4.69, 9.17) is 5.73 Å². The van der Waals surface area contributed by atoms with Crippen LogP contribution in [0.2, 0.25) is 0 Å². The van der Waals surface area contributed by atoms with Crippen LogP contribution >= 0.6 is 0 Å². The van der Waals surface area contributed by atoms with E-state index < -0.39 is 11.6 Å². The molecule has 3 rings (SSSR count). The van der Waals surface area contributed by atoms with Crippen LogP contribution in [0.5, 0.6) is 0 Å². The molecule has 2 bridgehead atoms. The molecular weight excluding hydrogens is 232 g/mol. The Bertz CT molecular complexity index is 426. The van der Waals surface area contributed by atoms with Crippen molar-refractivity contribution in [3.05, 3.63) is 35.4 Å². The molecule has 0 radical (unpaired) electrons. The van der Waals surface area contributed by atoms with Gasteiger partial charge in [-0.05, 0) is 61.1 Å². The first-order valence-corrected chi connectivity index (χ1v) is 6.82. The average molecular weight is 251 g/mol. The molecule has 0 spiro atoms. The number of rotatable bonds is 3. The van der Waals surface area contributed by atoms with Crippen molar-refractivity contribution in [3.8, 4) is 0 Å². The molecule has 2 fully saturated rings. The summed E-state index contributed by atoms with van der Waals surface area (Å²) in [6, 6.07) is 3.75. The van der Waals surface area contributed by atoms with Crippen LogP contribution in [0.4, 0.5) is 8.78 Å². The van der Waals surface area contributed by atoms with Gasteiger partial charge in [0.05, 0.1) is 0 Å². The van der Waals surface area contributed by atoms with Gasteiger partial charge in [0.15, 0.2) is 0 Å². The van der Waals surface area contributed by atoms with Crippen molar-refractivity contribution in [1.29, 1.82) is 0 Å². The molecule has 0 amide bonds.